The predicted octanol–water partition coefficient (Wildman–Crippen LogP) is 0.392. The standard InChI is InChI=1S/C16H24N4O3S/c1-17-16(18-9-6-10-24(2,22)23)19-13-11-15(21)20(12-13)14-7-4-3-5-8-14/h3-5,7-8,13H,6,9-12H2,1-2H3,(H2,17,18,19). The first-order chi connectivity index (χ1) is 11.4. The molecule has 0 spiro atoms. The number of guanidine groups is 1. The van der Waals surface area contributed by atoms with Crippen molar-refractivity contribution in [2.45, 2.75) is 18.9 Å². The van der Waals surface area contributed by atoms with E-state index in [0.717, 1.165) is 5.69 Å². The van der Waals surface area contributed by atoms with Crippen molar-refractivity contribution >= 4 is 27.4 Å². The number of aliphatic imine (C=N–C) groups is 1. The molecule has 1 heterocycles. The zero-order valence-corrected chi connectivity index (χ0v) is 14.8. The number of sulfone groups is 1. The van der Waals surface area contributed by atoms with Crippen LogP contribution in [-0.2, 0) is 14.6 Å². The van der Waals surface area contributed by atoms with E-state index in [2.05, 4.69) is 15.6 Å². The van der Waals surface area contributed by atoms with Gasteiger partial charge in [-0.3, -0.25) is 9.79 Å². The van der Waals surface area contributed by atoms with Crippen molar-refractivity contribution in [3.63, 3.8) is 0 Å². The molecule has 1 atom stereocenters. The molecule has 1 amide bonds. The maximum atomic E-state index is 12.2. The Balaban J connectivity index is 1.83. The minimum atomic E-state index is -2.95. The van der Waals surface area contributed by atoms with Crippen molar-refractivity contribution in [3.8, 4) is 0 Å². The van der Waals surface area contributed by atoms with Crippen molar-refractivity contribution in [1.29, 1.82) is 0 Å². The maximum absolute atomic E-state index is 12.2. The first-order valence-electron chi connectivity index (χ1n) is 7.89. The molecule has 1 aliphatic heterocycles. The number of nitrogens with zero attached hydrogens (tertiary/aromatic N) is 2. The lowest BCUT2D eigenvalue weighted by Crippen LogP contribution is -2.45. The number of hydrogen-bond donors (Lipinski definition) is 2. The van der Waals surface area contributed by atoms with Gasteiger partial charge in [0.2, 0.25) is 5.91 Å². The molecular weight excluding hydrogens is 328 g/mol. The highest BCUT2D eigenvalue weighted by molar-refractivity contribution is 7.90. The smallest absolute Gasteiger partial charge is 0.229 e. The van der Waals surface area contributed by atoms with Gasteiger partial charge < -0.3 is 15.5 Å². The minimum Gasteiger partial charge on any atom is -0.356 e. The Bertz CT molecular complexity index is 689. The van der Waals surface area contributed by atoms with Gasteiger partial charge >= 0.3 is 0 Å². The molecule has 24 heavy (non-hydrogen) atoms. The molecule has 0 radical (unpaired) electrons. The second-order valence-corrected chi connectivity index (χ2v) is 8.13. The fourth-order valence-corrected chi connectivity index (χ4v) is 3.26. The van der Waals surface area contributed by atoms with E-state index in [1.165, 1.54) is 6.26 Å². The van der Waals surface area contributed by atoms with Gasteiger partial charge in [0, 0.05) is 38.5 Å². The van der Waals surface area contributed by atoms with Crippen molar-refractivity contribution in [3.05, 3.63) is 30.3 Å². The van der Waals surface area contributed by atoms with Crippen LogP contribution in [-0.4, -0.2) is 58.5 Å². The summed E-state index contributed by atoms with van der Waals surface area (Å²) < 4.78 is 22.2. The van der Waals surface area contributed by atoms with Crippen LogP contribution in [0.4, 0.5) is 5.69 Å². The third-order valence-electron chi connectivity index (χ3n) is 3.74. The number of anilines is 1. The van der Waals surface area contributed by atoms with Crippen LogP contribution in [0.2, 0.25) is 0 Å². The van der Waals surface area contributed by atoms with Gasteiger partial charge in [0.05, 0.1) is 11.8 Å². The fraction of sp³-hybridized carbons (Fsp3) is 0.500. The lowest BCUT2D eigenvalue weighted by molar-refractivity contribution is -0.117. The summed E-state index contributed by atoms with van der Waals surface area (Å²) in [6.07, 6.45) is 2.14. The van der Waals surface area contributed by atoms with Crippen LogP contribution in [0, 0.1) is 0 Å². The number of para-hydroxylation sites is 1. The molecule has 1 fully saturated rings. The molecule has 0 aromatic heterocycles. The summed E-state index contributed by atoms with van der Waals surface area (Å²) in [5.41, 5.74) is 0.892. The van der Waals surface area contributed by atoms with Gasteiger partial charge in [0.15, 0.2) is 5.96 Å². The fourth-order valence-electron chi connectivity index (χ4n) is 2.59. The van der Waals surface area contributed by atoms with E-state index < -0.39 is 9.84 Å². The third kappa shape index (κ3) is 5.52. The van der Waals surface area contributed by atoms with Crippen LogP contribution >= 0.6 is 0 Å². The molecule has 1 unspecified atom stereocenters. The summed E-state index contributed by atoms with van der Waals surface area (Å²) in [7, 11) is -1.30. The average Bonchev–Trinajstić information content (AvgIpc) is 2.90. The molecule has 0 aliphatic carbocycles. The lowest BCUT2D eigenvalue weighted by atomic mass is 10.2. The van der Waals surface area contributed by atoms with Gasteiger partial charge in [-0.15, -0.1) is 0 Å². The Hall–Kier alpha value is -2.09. The zero-order chi connectivity index (χ0) is 17.6. The predicted molar refractivity (Wildman–Crippen MR) is 96.0 cm³/mol. The molecule has 1 aliphatic rings. The van der Waals surface area contributed by atoms with Crippen molar-refractivity contribution in [1.82, 2.24) is 10.6 Å². The average molecular weight is 352 g/mol. The highest BCUT2D eigenvalue weighted by Crippen LogP contribution is 2.20. The summed E-state index contributed by atoms with van der Waals surface area (Å²) in [4.78, 5) is 18.1. The molecular formula is C16H24N4O3S. The number of nitrogens with one attached hydrogen (secondary N) is 2. The molecule has 1 aromatic carbocycles. The Labute approximate surface area is 143 Å². The van der Waals surface area contributed by atoms with Crippen molar-refractivity contribution < 1.29 is 13.2 Å². The van der Waals surface area contributed by atoms with Crippen LogP contribution in [0.1, 0.15) is 12.8 Å². The molecule has 8 heteroatoms. The number of hydrogen-bond acceptors (Lipinski definition) is 4. The summed E-state index contributed by atoms with van der Waals surface area (Å²) in [5.74, 6) is 0.795. The molecule has 7 nitrogen and oxygen atoms in total. The SMILES string of the molecule is CN=C(NCCCS(C)(=O)=O)NC1CC(=O)N(c2ccccc2)C1. The third-order valence-corrected chi connectivity index (χ3v) is 4.77. The second kappa shape index (κ2) is 8.14. The number of rotatable bonds is 6. The molecule has 1 saturated heterocycles. The van der Waals surface area contributed by atoms with Crippen LogP contribution in [0.5, 0.6) is 0 Å². The first-order valence-corrected chi connectivity index (χ1v) is 9.95. The van der Waals surface area contributed by atoms with Gasteiger partial charge in [-0.2, -0.15) is 0 Å². The molecule has 1 aromatic rings. The number of carbonyl (C=O) groups excluding carboxylic acids is 1. The summed E-state index contributed by atoms with van der Waals surface area (Å²) in [6.45, 7) is 1.09. The molecule has 132 valence electrons. The van der Waals surface area contributed by atoms with Crippen LogP contribution < -0.4 is 15.5 Å². The second-order valence-electron chi connectivity index (χ2n) is 5.87. The Morgan fingerprint density at radius 2 is 2.04 bits per heavy atom. The quantitative estimate of drug-likeness (QED) is 0.439. The molecule has 0 saturated carbocycles. The monoisotopic (exact) mass is 352 g/mol. The number of benzene rings is 1. The molecule has 0 bridgehead atoms. The highest BCUT2D eigenvalue weighted by Gasteiger charge is 2.30. The van der Waals surface area contributed by atoms with Crippen LogP contribution in [0.15, 0.2) is 35.3 Å². The topological polar surface area (TPSA) is 90.9 Å². The van der Waals surface area contributed by atoms with Crippen LogP contribution in [0.3, 0.4) is 0 Å². The zero-order valence-electron chi connectivity index (χ0n) is 14.0. The summed E-state index contributed by atoms with van der Waals surface area (Å²) in [6, 6.07) is 9.54. The molecule has 2 N–H and O–H groups in total. The van der Waals surface area contributed by atoms with E-state index >= 15 is 0 Å². The van der Waals surface area contributed by atoms with E-state index in [1.54, 1.807) is 11.9 Å². The minimum absolute atomic E-state index is 0.0289. The Morgan fingerprint density at radius 1 is 1.33 bits per heavy atom. The summed E-state index contributed by atoms with van der Waals surface area (Å²) >= 11 is 0. The van der Waals surface area contributed by atoms with Gasteiger partial charge in [0.25, 0.3) is 0 Å². The highest BCUT2D eigenvalue weighted by atomic mass is 32.2. The van der Waals surface area contributed by atoms with Gasteiger partial charge in [-0.25, -0.2) is 8.42 Å². The van der Waals surface area contributed by atoms with E-state index in [0.29, 0.717) is 31.9 Å². The number of amides is 1. The van der Waals surface area contributed by atoms with E-state index in [1.807, 2.05) is 30.3 Å². The van der Waals surface area contributed by atoms with Gasteiger partial charge in [-0.1, -0.05) is 18.2 Å². The lowest BCUT2D eigenvalue weighted by Gasteiger charge is -2.19. The van der Waals surface area contributed by atoms with Crippen molar-refractivity contribution in [2.75, 3.05) is 37.0 Å². The van der Waals surface area contributed by atoms with Gasteiger partial charge in [0.1, 0.15) is 9.84 Å². The van der Waals surface area contributed by atoms with E-state index in [-0.39, 0.29) is 17.7 Å². The normalized spacial score (nSPS) is 18.8. The summed E-state index contributed by atoms with van der Waals surface area (Å²) in [5, 5.41) is 6.30. The van der Waals surface area contributed by atoms with Gasteiger partial charge in [-0.05, 0) is 18.6 Å². The van der Waals surface area contributed by atoms with Crippen molar-refractivity contribution in [2.24, 2.45) is 4.99 Å². The van der Waals surface area contributed by atoms with E-state index in [4.69, 9.17) is 0 Å². The maximum Gasteiger partial charge on any atom is 0.229 e. The first kappa shape index (κ1) is 18.3. The Kier molecular flexibility index (Phi) is 6.19. The number of carbonyl (C=O) groups is 1. The molecule has 2 rings (SSSR count). The Morgan fingerprint density at radius 3 is 2.67 bits per heavy atom. The largest absolute Gasteiger partial charge is 0.356 e. The van der Waals surface area contributed by atoms with E-state index in [9.17, 15) is 13.2 Å². The van der Waals surface area contributed by atoms with Crippen LogP contribution in [0.25, 0.3) is 0 Å².